The van der Waals surface area contributed by atoms with Crippen molar-refractivity contribution in [2.45, 2.75) is 0 Å². The number of hydrogen-bond donors (Lipinski definition) is 0. The average molecular weight is 554 g/mol. The molecule has 43 heavy (non-hydrogen) atoms. The zero-order chi connectivity index (χ0) is 34.4. The SMILES string of the molecule is [2H]c1c([2H])c([2H])c2c(-c3c4ccccc4c(-c4ccc5oc6ccccc6c5c4)c4ccc(-c5ccccc5)cc34)c([2H])c([2H])c([2H])c2c1[2H]. The molecular weight excluding hydrogens is 520 g/mol. The minimum Gasteiger partial charge on any atom is -0.456 e. The van der Waals surface area contributed by atoms with Crippen LogP contribution in [-0.4, -0.2) is 0 Å². The first-order chi connectivity index (χ1) is 24.2. The molecule has 1 nitrogen and oxygen atoms in total. The van der Waals surface area contributed by atoms with Crippen molar-refractivity contribution < 1.29 is 14.0 Å². The molecule has 1 heterocycles. The summed E-state index contributed by atoms with van der Waals surface area (Å²) in [5.74, 6) is 0. The standard InChI is InChI=1S/C42H26O/c1-2-11-27(12-3-1)29-21-23-36-38(25-29)42(33-19-10-14-28-13-4-5-15-31(28)33)35-18-7-6-17-34(35)41(36)30-22-24-40-37(26-30)32-16-8-9-20-39(32)43-40/h1-26H/i4D,5D,10D,13D,14D,15D,19D. The number of furan rings is 1. The molecule has 0 amide bonds. The Morgan fingerprint density at radius 3 is 1.93 bits per heavy atom. The van der Waals surface area contributed by atoms with Crippen LogP contribution in [0.4, 0.5) is 0 Å². The zero-order valence-corrected chi connectivity index (χ0v) is 22.9. The molecule has 8 aromatic carbocycles. The van der Waals surface area contributed by atoms with Crippen LogP contribution in [0.25, 0.3) is 87.6 Å². The summed E-state index contributed by atoms with van der Waals surface area (Å²) in [6.45, 7) is 0. The Balaban J connectivity index is 1.50. The first-order valence-electron chi connectivity index (χ1n) is 17.7. The molecule has 0 aliphatic carbocycles. The smallest absolute Gasteiger partial charge is 0.135 e. The van der Waals surface area contributed by atoms with Crippen LogP contribution in [0.3, 0.4) is 0 Å². The van der Waals surface area contributed by atoms with Crippen molar-refractivity contribution in [3.05, 3.63) is 158 Å². The van der Waals surface area contributed by atoms with E-state index in [1.165, 1.54) is 0 Å². The fourth-order valence-corrected chi connectivity index (χ4v) is 6.45. The summed E-state index contributed by atoms with van der Waals surface area (Å²) in [6.07, 6.45) is 0. The van der Waals surface area contributed by atoms with E-state index in [-0.39, 0.29) is 28.4 Å². The van der Waals surface area contributed by atoms with Crippen molar-refractivity contribution >= 4 is 54.3 Å². The van der Waals surface area contributed by atoms with Crippen molar-refractivity contribution in [2.75, 3.05) is 0 Å². The molecule has 0 saturated heterocycles. The first kappa shape index (κ1) is 18.0. The molecule has 200 valence electrons. The Morgan fingerprint density at radius 2 is 1.05 bits per heavy atom. The lowest BCUT2D eigenvalue weighted by atomic mass is 9.83. The summed E-state index contributed by atoms with van der Waals surface area (Å²) in [5, 5.41) is 5.28. The van der Waals surface area contributed by atoms with E-state index in [4.69, 9.17) is 12.6 Å². The van der Waals surface area contributed by atoms with Crippen LogP contribution >= 0.6 is 0 Å². The summed E-state index contributed by atoms with van der Waals surface area (Å²) in [5.41, 5.74) is 6.23. The highest BCUT2D eigenvalue weighted by atomic mass is 16.3. The third-order valence-electron chi connectivity index (χ3n) is 8.36. The molecule has 1 aromatic heterocycles. The Morgan fingerprint density at radius 1 is 0.395 bits per heavy atom. The third-order valence-corrected chi connectivity index (χ3v) is 8.36. The van der Waals surface area contributed by atoms with E-state index in [2.05, 4.69) is 30.3 Å². The van der Waals surface area contributed by atoms with Gasteiger partial charge in [-0.05, 0) is 90.0 Å². The molecule has 0 unspecified atom stereocenters. The highest BCUT2D eigenvalue weighted by Crippen LogP contribution is 2.47. The molecule has 9 aromatic rings. The molecule has 0 bridgehead atoms. The maximum atomic E-state index is 9.31. The number of para-hydroxylation sites is 1. The fourth-order valence-electron chi connectivity index (χ4n) is 6.45. The van der Waals surface area contributed by atoms with Gasteiger partial charge >= 0.3 is 0 Å². The molecule has 9 rings (SSSR count). The number of hydrogen-bond acceptors (Lipinski definition) is 1. The monoisotopic (exact) mass is 553 g/mol. The maximum Gasteiger partial charge on any atom is 0.135 e. The van der Waals surface area contributed by atoms with Crippen LogP contribution < -0.4 is 0 Å². The van der Waals surface area contributed by atoms with Crippen LogP contribution in [0.15, 0.2) is 162 Å². The highest BCUT2D eigenvalue weighted by Gasteiger charge is 2.19. The van der Waals surface area contributed by atoms with Gasteiger partial charge in [0, 0.05) is 10.8 Å². The van der Waals surface area contributed by atoms with E-state index >= 15 is 0 Å². The molecule has 0 aliphatic rings. The van der Waals surface area contributed by atoms with Crippen molar-refractivity contribution in [1.82, 2.24) is 0 Å². The predicted octanol–water partition coefficient (Wildman–Crippen LogP) is 12.0. The molecule has 0 fully saturated rings. The Labute approximate surface area is 259 Å². The molecule has 0 radical (unpaired) electrons. The van der Waals surface area contributed by atoms with E-state index in [9.17, 15) is 1.37 Å². The lowest BCUT2D eigenvalue weighted by molar-refractivity contribution is 0.669. The van der Waals surface area contributed by atoms with Gasteiger partial charge in [-0.15, -0.1) is 0 Å². The van der Waals surface area contributed by atoms with Crippen molar-refractivity contribution in [3.63, 3.8) is 0 Å². The molecule has 0 atom stereocenters. The molecular formula is C42H26O. The van der Waals surface area contributed by atoms with Crippen LogP contribution in [0.5, 0.6) is 0 Å². The summed E-state index contributed by atoms with van der Waals surface area (Å²) in [6, 6.07) is 35.5. The minimum atomic E-state index is -0.474. The Bertz CT molecular complexity index is 2890. The van der Waals surface area contributed by atoms with Gasteiger partial charge in [-0.1, -0.05) is 133 Å². The lowest BCUT2D eigenvalue weighted by Crippen LogP contribution is -1.92. The van der Waals surface area contributed by atoms with Crippen molar-refractivity contribution in [1.29, 1.82) is 0 Å². The van der Waals surface area contributed by atoms with Crippen LogP contribution in [0.2, 0.25) is 0 Å². The van der Waals surface area contributed by atoms with Gasteiger partial charge in [0.25, 0.3) is 0 Å². The Hall–Kier alpha value is -5.66. The van der Waals surface area contributed by atoms with E-state index < -0.39 is 30.2 Å². The van der Waals surface area contributed by atoms with E-state index in [1.54, 1.807) is 0 Å². The van der Waals surface area contributed by atoms with E-state index in [0.29, 0.717) is 5.56 Å². The largest absolute Gasteiger partial charge is 0.456 e. The van der Waals surface area contributed by atoms with Gasteiger partial charge in [0.05, 0.1) is 9.60 Å². The topological polar surface area (TPSA) is 13.1 Å². The van der Waals surface area contributed by atoms with Gasteiger partial charge in [-0.2, -0.15) is 0 Å². The van der Waals surface area contributed by atoms with Crippen LogP contribution in [-0.2, 0) is 0 Å². The van der Waals surface area contributed by atoms with Crippen LogP contribution in [0.1, 0.15) is 9.60 Å². The highest BCUT2D eigenvalue weighted by molar-refractivity contribution is 6.24. The van der Waals surface area contributed by atoms with Gasteiger partial charge in [0.2, 0.25) is 0 Å². The van der Waals surface area contributed by atoms with Gasteiger partial charge in [-0.3, -0.25) is 0 Å². The maximum absolute atomic E-state index is 9.31. The summed E-state index contributed by atoms with van der Waals surface area (Å²) in [4.78, 5) is 0. The van der Waals surface area contributed by atoms with Gasteiger partial charge < -0.3 is 4.42 Å². The molecule has 0 spiro atoms. The van der Waals surface area contributed by atoms with Gasteiger partial charge in [0.15, 0.2) is 0 Å². The summed E-state index contributed by atoms with van der Waals surface area (Å²) < 4.78 is 67.9. The van der Waals surface area contributed by atoms with Gasteiger partial charge in [-0.25, -0.2) is 0 Å². The zero-order valence-electron chi connectivity index (χ0n) is 29.9. The number of fused-ring (bicyclic) bond motifs is 6. The molecule has 0 N–H and O–H groups in total. The second kappa shape index (κ2) is 9.44. The third kappa shape index (κ3) is 3.72. The molecule has 1 heteroatoms. The average Bonchev–Trinajstić information content (AvgIpc) is 3.52. The predicted molar refractivity (Wildman–Crippen MR) is 183 cm³/mol. The summed E-state index contributed by atoms with van der Waals surface area (Å²) >= 11 is 0. The van der Waals surface area contributed by atoms with Crippen molar-refractivity contribution in [3.8, 4) is 33.4 Å². The lowest BCUT2D eigenvalue weighted by Gasteiger charge is -2.19. The van der Waals surface area contributed by atoms with Crippen molar-refractivity contribution in [2.24, 2.45) is 0 Å². The quantitative estimate of drug-likeness (QED) is 0.198. The second-order valence-electron chi connectivity index (χ2n) is 10.7. The second-order valence-corrected chi connectivity index (χ2v) is 10.7. The first-order valence-corrected chi connectivity index (χ1v) is 14.2. The summed E-state index contributed by atoms with van der Waals surface area (Å²) in [7, 11) is 0. The number of rotatable bonds is 3. The van der Waals surface area contributed by atoms with Gasteiger partial charge in [0.1, 0.15) is 11.2 Å². The molecule has 0 aliphatic heterocycles. The number of benzene rings is 8. The molecule has 0 saturated carbocycles. The Kier molecular flexibility index (Phi) is 3.95. The normalized spacial score (nSPS) is 14.0. The van der Waals surface area contributed by atoms with E-state index in [1.807, 2.05) is 84.9 Å². The van der Waals surface area contributed by atoms with Crippen LogP contribution in [0, 0.1) is 0 Å². The minimum absolute atomic E-state index is 0.0650. The van der Waals surface area contributed by atoms with E-state index in [0.717, 1.165) is 65.7 Å². The fraction of sp³-hybridized carbons (Fsp3) is 0.